The Labute approximate surface area is 187 Å². The van der Waals surface area contributed by atoms with Gasteiger partial charge in [-0.3, -0.25) is 9.48 Å². The first-order chi connectivity index (χ1) is 14.4. The largest absolute Gasteiger partial charge is 0.351 e. The lowest BCUT2D eigenvalue weighted by molar-refractivity contribution is 0.0951. The Bertz CT molecular complexity index is 1020. The highest BCUT2D eigenvalue weighted by Gasteiger charge is 2.21. The van der Waals surface area contributed by atoms with Gasteiger partial charge in [0, 0.05) is 42.7 Å². The molecule has 1 aromatic carbocycles. The van der Waals surface area contributed by atoms with Crippen molar-refractivity contribution in [3.05, 3.63) is 40.2 Å². The number of aryl methyl sites for hydroxylation is 1. The van der Waals surface area contributed by atoms with E-state index in [1.165, 1.54) is 30.8 Å². The monoisotopic (exact) mass is 444 g/mol. The average Bonchev–Trinajstić information content (AvgIpc) is 3.26. The Balaban J connectivity index is 1.38. The van der Waals surface area contributed by atoms with Crippen LogP contribution in [0.3, 0.4) is 0 Å². The SMILES string of the molecule is C[C@@H]1C[C@H](C)CN(CCCNC(=O)c2cc3c(-c4ccc(Cl)cc4)nn(C)c3s2)C1. The topological polar surface area (TPSA) is 50.2 Å². The summed E-state index contributed by atoms with van der Waals surface area (Å²) < 4.78 is 1.85. The molecule has 30 heavy (non-hydrogen) atoms. The maximum atomic E-state index is 12.7. The first kappa shape index (κ1) is 21.3. The number of halogens is 1. The summed E-state index contributed by atoms with van der Waals surface area (Å²) in [5.41, 5.74) is 1.88. The summed E-state index contributed by atoms with van der Waals surface area (Å²) >= 11 is 7.50. The molecule has 0 aliphatic carbocycles. The van der Waals surface area contributed by atoms with Crippen LogP contribution in [0, 0.1) is 11.8 Å². The van der Waals surface area contributed by atoms with Crippen LogP contribution in [-0.2, 0) is 7.05 Å². The minimum absolute atomic E-state index is 0.00126. The summed E-state index contributed by atoms with van der Waals surface area (Å²) in [6.45, 7) is 8.77. The molecule has 1 aliphatic rings. The maximum Gasteiger partial charge on any atom is 0.261 e. The molecule has 5 nitrogen and oxygen atoms in total. The number of piperidine rings is 1. The van der Waals surface area contributed by atoms with E-state index in [2.05, 4.69) is 29.2 Å². The summed E-state index contributed by atoms with van der Waals surface area (Å²) in [4.78, 5) is 17.0. The minimum atomic E-state index is -0.00126. The minimum Gasteiger partial charge on any atom is -0.351 e. The lowest BCUT2D eigenvalue weighted by Crippen LogP contribution is -2.40. The third kappa shape index (κ3) is 4.71. The van der Waals surface area contributed by atoms with Gasteiger partial charge in [0.1, 0.15) is 10.5 Å². The van der Waals surface area contributed by atoms with Crippen LogP contribution in [-0.4, -0.2) is 46.8 Å². The zero-order chi connectivity index (χ0) is 21.3. The molecule has 1 N–H and O–H groups in total. The van der Waals surface area contributed by atoms with E-state index in [1.807, 2.05) is 42.1 Å². The molecule has 0 spiro atoms. The molecule has 0 unspecified atom stereocenters. The van der Waals surface area contributed by atoms with E-state index in [9.17, 15) is 4.79 Å². The lowest BCUT2D eigenvalue weighted by atomic mass is 9.92. The van der Waals surface area contributed by atoms with Crippen molar-refractivity contribution in [2.75, 3.05) is 26.2 Å². The van der Waals surface area contributed by atoms with Gasteiger partial charge in [-0.25, -0.2) is 0 Å². The highest BCUT2D eigenvalue weighted by Crippen LogP contribution is 2.34. The predicted octanol–water partition coefficient (Wildman–Crippen LogP) is 5.05. The highest BCUT2D eigenvalue weighted by atomic mass is 35.5. The molecule has 3 heterocycles. The third-order valence-corrected chi connectivity index (χ3v) is 7.19. The van der Waals surface area contributed by atoms with Crippen LogP contribution >= 0.6 is 22.9 Å². The van der Waals surface area contributed by atoms with Gasteiger partial charge in [-0.1, -0.05) is 37.6 Å². The number of benzene rings is 1. The van der Waals surface area contributed by atoms with Gasteiger partial charge < -0.3 is 10.2 Å². The second-order valence-corrected chi connectivity index (χ2v) is 10.1. The van der Waals surface area contributed by atoms with E-state index in [-0.39, 0.29) is 5.91 Å². The molecule has 160 valence electrons. The van der Waals surface area contributed by atoms with Gasteiger partial charge in [-0.2, -0.15) is 5.10 Å². The number of aromatic nitrogens is 2. The molecule has 0 bridgehead atoms. The molecule has 1 amide bonds. The van der Waals surface area contributed by atoms with Crippen LogP contribution in [0.4, 0.5) is 0 Å². The van der Waals surface area contributed by atoms with Crippen molar-refractivity contribution >= 4 is 39.1 Å². The summed E-state index contributed by atoms with van der Waals surface area (Å²) in [6, 6.07) is 9.61. The predicted molar refractivity (Wildman–Crippen MR) is 125 cm³/mol. The molecule has 4 rings (SSSR count). The molecular weight excluding hydrogens is 416 g/mol. The van der Waals surface area contributed by atoms with E-state index in [0.29, 0.717) is 11.6 Å². The lowest BCUT2D eigenvalue weighted by Gasteiger charge is -2.34. The molecule has 7 heteroatoms. The average molecular weight is 445 g/mol. The number of hydrogen-bond donors (Lipinski definition) is 1. The van der Waals surface area contributed by atoms with Crippen LogP contribution in [0.2, 0.25) is 5.02 Å². The molecule has 0 radical (unpaired) electrons. The molecule has 2 atom stereocenters. The number of carbonyl (C=O) groups excluding carboxylic acids is 1. The first-order valence-electron chi connectivity index (χ1n) is 10.6. The van der Waals surface area contributed by atoms with E-state index in [4.69, 9.17) is 11.6 Å². The fourth-order valence-corrected chi connectivity index (χ4v) is 5.65. The molecule has 2 aromatic heterocycles. The van der Waals surface area contributed by atoms with Crippen molar-refractivity contribution in [2.24, 2.45) is 18.9 Å². The van der Waals surface area contributed by atoms with Crippen LogP contribution in [0.1, 0.15) is 36.4 Å². The number of amides is 1. The number of likely N-dealkylation sites (tertiary alicyclic amines) is 1. The molecule has 3 aromatic rings. The quantitative estimate of drug-likeness (QED) is 0.541. The van der Waals surface area contributed by atoms with E-state index in [0.717, 1.165) is 51.2 Å². The standard InChI is InChI=1S/C23H29ClN4OS/c1-15-11-16(2)14-28(13-15)10-4-9-25-22(29)20-12-19-21(26-27(3)23(19)30-20)17-5-7-18(24)8-6-17/h5-8,12,15-16H,4,9-11,13-14H2,1-3H3,(H,25,29)/t15-,16+. The Morgan fingerprint density at radius 2 is 1.93 bits per heavy atom. The van der Waals surface area contributed by atoms with Crippen molar-refractivity contribution in [2.45, 2.75) is 26.7 Å². The van der Waals surface area contributed by atoms with E-state index < -0.39 is 0 Å². The number of nitrogens with zero attached hydrogens (tertiary/aromatic N) is 3. The van der Waals surface area contributed by atoms with E-state index >= 15 is 0 Å². The number of nitrogens with one attached hydrogen (secondary N) is 1. The van der Waals surface area contributed by atoms with Gasteiger partial charge in [0.15, 0.2) is 0 Å². The van der Waals surface area contributed by atoms with Crippen molar-refractivity contribution in [3.8, 4) is 11.3 Å². The normalized spacial score (nSPS) is 20.0. The Morgan fingerprint density at radius 1 is 1.23 bits per heavy atom. The van der Waals surface area contributed by atoms with Crippen LogP contribution in [0.15, 0.2) is 30.3 Å². The highest BCUT2D eigenvalue weighted by molar-refractivity contribution is 7.20. The van der Waals surface area contributed by atoms with Crippen molar-refractivity contribution in [1.82, 2.24) is 20.0 Å². The molecular formula is C23H29ClN4OS. The number of fused-ring (bicyclic) bond motifs is 1. The zero-order valence-corrected chi connectivity index (χ0v) is 19.4. The number of hydrogen-bond acceptors (Lipinski definition) is 4. The summed E-state index contributed by atoms with van der Waals surface area (Å²) in [5, 5.41) is 9.44. The Kier molecular flexibility index (Phi) is 6.46. The van der Waals surface area contributed by atoms with Crippen molar-refractivity contribution in [1.29, 1.82) is 0 Å². The molecule has 1 saturated heterocycles. The third-order valence-electron chi connectivity index (χ3n) is 5.73. The summed E-state index contributed by atoms with van der Waals surface area (Å²) in [7, 11) is 1.92. The molecule has 0 saturated carbocycles. The fourth-order valence-electron chi connectivity index (χ4n) is 4.54. The van der Waals surface area contributed by atoms with Crippen LogP contribution < -0.4 is 5.32 Å². The van der Waals surface area contributed by atoms with Gasteiger partial charge in [0.05, 0.1) is 4.88 Å². The maximum absolute atomic E-state index is 12.7. The van der Waals surface area contributed by atoms with Gasteiger partial charge >= 0.3 is 0 Å². The molecule has 1 aliphatic heterocycles. The first-order valence-corrected chi connectivity index (χ1v) is 11.8. The van der Waals surface area contributed by atoms with Gasteiger partial charge in [-0.05, 0) is 49.4 Å². The Morgan fingerprint density at radius 3 is 2.63 bits per heavy atom. The van der Waals surface area contributed by atoms with Crippen molar-refractivity contribution < 1.29 is 4.79 Å². The smallest absolute Gasteiger partial charge is 0.261 e. The van der Waals surface area contributed by atoms with Gasteiger partial charge in [0.25, 0.3) is 5.91 Å². The summed E-state index contributed by atoms with van der Waals surface area (Å²) in [6.07, 6.45) is 2.31. The van der Waals surface area contributed by atoms with E-state index in [1.54, 1.807) is 0 Å². The Hall–Kier alpha value is -1.89. The van der Waals surface area contributed by atoms with Gasteiger partial charge in [0.2, 0.25) is 0 Å². The van der Waals surface area contributed by atoms with Crippen LogP contribution in [0.5, 0.6) is 0 Å². The number of rotatable bonds is 6. The number of thiophene rings is 1. The van der Waals surface area contributed by atoms with Crippen LogP contribution in [0.25, 0.3) is 21.5 Å². The number of carbonyl (C=O) groups is 1. The molecule has 1 fully saturated rings. The zero-order valence-electron chi connectivity index (χ0n) is 17.8. The fraction of sp³-hybridized carbons (Fsp3) is 0.478. The van der Waals surface area contributed by atoms with Crippen molar-refractivity contribution in [3.63, 3.8) is 0 Å². The second kappa shape index (κ2) is 9.08. The second-order valence-electron chi connectivity index (χ2n) is 8.62. The summed E-state index contributed by atoms with van der Waals surface area (Å²) in [5.74, 6) is 1.54. The van der Waals surface area contributed by atoms with Gasteiger partial charge in [-0.15, -0.1) is 11.3 Å².